The summed E-state index contributed by atoms with van der Waals surface area (Å²) in [4.78, 5) is 23.4. The van der Waals surface area contributed by atoms with Gasteiger partial charge in [-0.1, -0.05) is 35.0 Å². The average molecular weight is 353 g/mol. The molecule has 26 heavy (non-hydrogen) atoms. The van der Waals surface area contributed by atoms with Gasteiger partial charge in [0.1, 0.15) is 11.5 Å². The summed E-state index contributed by atoms with van der Waals surface area (Å²) in [5.41, 5.74) is 2.70. The highest BCUT2D eigenvalue weighted by atomic mass is 19.1. The minimum atomic E-state index is -0.644. The van der Waals surface area contributed by atoms with Crippen molar-refractivity contribution in [2.24, 2.45) is 0 Å². The molecule has 1 heterocycles. The first-order valence-electron chi connectivity index (χ1n) is 7.84. The first-order chi connectivity index (χ1) is 12.4. The summed E-state index contributed by atoms with van der Waals surface area (Å²) in [7, 11) is 0. The Balaban J connectivity index is 1.78. The number of anilines is 2. The molecule has 3 aromatic rings. The van der Waals surface area contributed by atoms with Gasteiger partial charge in [0.15, 0.2) is 0 Å². The Morgan fingerprint density at radius 1 is 1.04 bits per heavy atom. The Kier molecular flexibility index (Phi) is 4.79. The highest BCUT2D eigenvalue weighted by Crippen LogP contribution is 2.23. The highest BCUT2D eigenvalue weighted by molar-refractivity contribution is 6.03. The van der Waals surface area contributed by atoms with Crippen LogP contribution in [-0.2, 0) is 4.79 Å². The minimum Gasteiger partial charge on any atom is -0.350 e. The molecule has 2 amide bonds. The fraction of sp³-hybridized carbons (Fsp3) is 0.105. The maximum atomic E-state index is 13.9. The van der Waals surface area contributed by atoms with E-state index >= 15 is 0 Å². The molecule has 2 N–H and O–H groups in total. The lowest BCUT2D eigenvalue weighted by Crippen LogP contribution is -2.13. The van der Waals surface area contributed by atoms with Crippen LogP contribution in [0.25, 0.3) is 11.3 Å². The average Bonchev–Trinajstić information content (AvgIpc) is 3.08. The maximum absolute atomic E-state index is 13.9. The third kappa shape index (κ3) is 3.94. The molecule has 0 saturated carbocycles. The summed E-state index contributed by atoms with van der Waals surface area (Å²) < 4.78 is 19.0. The second kappa shape index (κ2) is 7.18. The van der Waals surface area contributed by atoms with Crippen molar-refractivity contribution in [3.8, 4) is 11.3 Å². The first-order valence-corrected chi connectivity index (χ1v) is 7.84. The Morgan fingerprint density at radius 3 is 2.46 bits per heavy atom. The summed E-state index contributed by atoms with van der Waals surface area (Å²) in [6.45, 7) is 3.30. The number of benzene rings is 2. The number of carbonyl (C=O) groups excluding carboxylic acids is 2. The SMILES string of the molecule is CC(=O)Nc1ccc(F)c(NC(=O)c2cc(-c3ccc(C)cc3)no2)c1. The molecule has 0 spiro atoms. The molecule has 0 aliphatic rings. The van der Waals surface area contributed by atoms with Crippen molar-refractivity contribution in [1.29, 1.82) is 0 Å². The number of aromatic nitrogens is 1. The largest absolute Gasteiger partial charge is 0.350 e. The van der Waals surface area contributed by atoms with E-state index < -0.39 is 11.7 Å². The predicted octanol–water partition coefficient (Wildman–Crippen LogP) is 4.00. The molecule has 7 heteroatoms. The van der Waals surface area contributed by atoms with Gasteiger partial charge in [0.05, 0.1) is 5.69 Å². The van der Waals surface area contributed by atoms with Crippen LogP contribution in [0.5, 0.6) is 0 Å². The van der Waals surface area contributed by atoms with Gasteiger partial charge in [-0.05, 0) is 25.1 Å². The van der Waals surface area contributed by atoms with Crippen molar-refractivity contribution in [2.45, 2.75) is 13.8 Å². The number of hydrogen-bond acceptors (Lipinski definition) is 4. The van der Waals surface area contributed by atoms with E-state index in [1.807, 2.05) is 31.2 Å². The van der Waals surface area contributed by atoms with Crippen LogP contribution in [0.1, 0.15) is 23.0 Å². The molecule has 6 nitrogen and oxygen atoms in total. The number of carbonyl (C=O) groups is 2. The molecule has 0 saturated heterocycles. The third-order valence-corrected chi connectivity index (χ3v) is 3.62. The van der Waals surface area contributed by atoms with Crippen LogP contribution in [0.3, 0.4) is 0 Å². The van der Waals surface area contributed by atoms with Crippen molar-refractivity contribution in [1.82, 2.24) is 5.16 Å². The molecule has 0 fully saturated rings. The van der Waals surface area contributed by atoms with Gasteiger partial charge in [-0.3, -0.25) is 9.59 Å². The number of halogens is 1. The van der Waals surface area contributed by atoms with Gasteiger partial charge < -0.3 is 15.2 Å². The van der Waals surface area contributed by atoms with Gasteiger partial charge in [0.2, 0.25) is 11.7 Å². The van der Waals surface area contributed by atoms with Crippen molar-refractivity contribution in [2.75, 3.05) is 10.6 Å². The quantitative estimate of drug-likeness (QED) is 0.742. The van der Waals surface area contributed by atoms with Crippen LogP contribution in [0, 0.1) is 12.7 Å². The van der Waals surface area contributed by atoms with Crippen LogP contribution in [0.15, 0.2) is 53.1 Å². The number of nitrogens with zero attached hydrogens (tertiary/aromatic N) is 1. The van der Waals surface area contributed by atoms with E-state index in [0.717, 1.165) is 17.2 Å². The Labute approximate surface area is 149 Å². The molecule has 1 aromatic heterocycles. The molecule has 3 rings (SSSR count). The van der Waals surface area contributed by atoms with E-state index in [1.54, 1.807) is 0 Å². The zero-order valence-corrected chi connectivity index (χ0v) is 14.2. The topological polar surface area (TPSA) is 84.2 Å². The summed E-state index contributed by atoms with van der Waals surface area (Å²) in [5.74, 6) is -1.63. The molecule has 2 aromatic carbocycles. The van der Waals surface area contributed by atoms with Crippen molar-refractivity contribution in [3.05, 3.63) is 65.7 Å². The number of rotatable bonds is 4. The van der Waals surface area contributed by atoms with Gasteiger partial charge in [-0.15, -0.1) is 0 Å². The molecule has 0 radical (unpaired) electrons. The van der Waals surface area contributed by atoms with E-state index in [0.29, 0.717) is 11.4 Å². The molecule has 0 atom stereocenters. The lowest BCUT2D eigenvalue weighted by Gasteiger charge is -2.07. The number of amides is 2. The van der Waals surface area contributed by atoms with Gasteiger partial charge in [0.25, 0.3) is 5.91 Å². The van der Waals surface area contributed by atoms with Crippen LogP contribution in [0.2, 0.25) is 0 Å². The zero-order valence-electron chi connectivity index (χ0n) is 14.2. The highest BCUT2D eigenvalue weighted by Gasteiger charge is 2.16. The number of nitrogens with one attached hydrogen (secondary N) is 2. The molecule has 0 aliphatic heterocycles. The molecular weight excluding hydrogens is 337 g/mol. The zero-order chi connectivity index (χ0) is 18.7. The monoisotopic (exact) mass is 353 g/mol. The standard InChI is InChI=1S/C19H16FN3O3/c1-11-3-5-13(6-4-11)16-10-18(26-23-16)19(25)22-17-9-14(21-12(2)24)7-8-15(17)20/h3-10H,1-2H3,(H,21,24)(H,22,25). The lowest BCUT2D eigenvalue weighted by atomic mass is 10.1. The van der Waals surface area contributed by atoms with Gasteiger partial charge in [0, 0.05) is 24.2 Å². The second-order valence-electron chi connectivity index (χ2n) is 5.77. The molecule has 0 aliphatic carbocycles. The lowest BCUT2D eigenvalue weighted by molar-refractivity contribution is -0.114. The maximum Gasteiger partial charge on any atom is 0.294 e. The summed E-state index contributed by atoms with van der Waals surface area (Å²) in [6, 6.07) is 12.9. The summed E-state index contributed by atoms with van der Waals surface area (Å²) >= 11 is 0. The van der Waals surface area contributed by atoms with E-state index in [2.05, 4.69) is 15.8 Å². The molecule has 0 bridgehead atoms. The number of hydrogen-bond donors (Lipinski definition) is 2. The van der Waals surface area contributed by atoms with E-state index in [1.165, 1.54) is 25.1 Å². The smallest absolute Gasteiger partial charge is 0.294 e. The number of aryl methyl sites for hydroxylation is 1. The van der Waals surface area contributed by atoms with Gasteiger partial charge >= 0.3 is 0 Å². The molecule has 132 valence electrons. The van der Waals surface area contributed by atoms with Crippen LogP contribution < -0.4 is 10.6 Å². The summed E-state index contributed by atoms with van der Waals surface area (Å²) in [6.07, 6.45) is 0. The Hall–Kier alpha value is -3.48. The van der Waals surface area contributed by atoms with E-state index in [4.69, 9.17) is 4.52 Å². The Morgan fingerprint density at radius 2 is 1.77 bits per heavy atom. The Bertz CT molecular complexity index is 964. The van der Waals surface area contributed by atoms with Crippen molar-refractivity contribution in [3.63, 3.8) is 0 Å². The van der Waals surface area contributed by atoms with Crippen LogP contribution >= 0.6 is 0 Å². The van der Waals surface area contributed by atoms with Crippen LogP contribution in [0.4, 0.5) is 15.8 Å². The van der Waals surface area contributed by atoms with Crippen LogP contribution in [-0.4, -0.2) is 17.0 Å². The first kappa shape index (κ1) is 17.3. The third-order valence-electron chi connectivity index (χ3n) is 3.62. The molecule has 0 unspecified atom stereocenters. The fourth-order valence-corrected chi connectivity index (χ4v) is 2.33. The van der Waals surface area contributed by atoms with Crippen molar-refractivity contribution >= 4 is 23.2 Å². The van der Waals surface area contributed by atoms with Gasteiger partial charge in [-0.25, -0.2) is 4.39 Å². The molecular formula is C19H16FN3O3. The van der Waals surface area contributed by atoms with Crippen molar-refractivity contribution < 1.29 is 18.5 Å². The summed E-state index contributed by atoms with van der Waals surface area (Å²) in [5, 5.41) is 8.81. The van der Waals surface area contributed by atoms with Gasteiger partial charge in [-0.2, -0.15) is 0 Å². The second-order valence-corrected chi connectivity index (χ2v) is 5.77. The normalized spacial score (nSPS) is 10.4. The van der Waals surface area contributed by atoms with E-state index in [-0.39, 0.29) is 17.4 Å². The minimum absolute atomic E-state index is 0.0510. The predicted molar refractivity (Wildman–Crippen MR) is 95.3 cm³/mol. The van der Waals surface area contributed by atoms with E-state index in [9.17, 15) is 14.0 Å². The fourth-order valence-electron chi connectivity index (χ4n) is 2.33.